The lowest BCUT2D eigenvalue weighted by Crippen LogP contribution is -2.28. The lowest BCUT2D eigenvalue weighted by atomic mass is 10.1. The van der Waals surface area contributed by atoms with E-state index in [-0.39, 0.29) is 18.0 Å². The number of ether oxygens (including phenoxy) is 2. The van der Waals surface area contributed by atoms with Crippen LogP contribution in [0.3, 0.4) is 0 Å². The van der Waals surface area contributed by atoms with E-state index in [1.54, 1.807) is 37.3 Å². The molecule has 178 valence electrons. The smallest absolute Gasteiger partial charge is 0.335 e. The predicted molar refractivity (Wildman–Crippen MR) is 137 cm³/mol. The topological polar surface area (TPSA) is 88.4 Å². The van der Waals surface area contributed by atoms with Gasteiger partial charge in [-0.3, -0.25) is 9.69 Å². The molecule has 1 saturated heterocycles. The summed E-state index contributed by atoms with van der Waals surface area (Å²) in [7, 11) is 3.19. The fourth-order valence-electron chi connectivity index (χ4n) is 3.72. The molecule has 0 spiro atoms. The molecule has 0 bridgehead atoms. The van der Waals surface area contributed by atoms with E-state index in [2.05, 4.69) is 0 Å². The summed E-state index contributed by atoms with van der Waals surface area (Å²) in [5, 5.41) is 9.71. The predicted octanol–water partition coefficient (Wildman–Crippen LogP) is 5.51. The van der Waals surface area contributed by atoms with Crippen LogP contribution >= 0.6 is 11.8 Å². The third-order valence-corrected chi connectivity index (χ3v) is 6.51. The van der Waals surface area contributed by atoms with Gasteiger partial charge < -0.3 is 14.6 Å². The second-order valence-corrected chi connectivity index (χ2v) is 8.76. The molecule has 0 saturated carbocycles. The summed E-state index contributed by atoms with van der Waals surface area (Å²) in [5.41, 5.74) is 3.32. The second-order valence-electron chi connectivity index (χ2n) is 7.75. The number of aromatic carboxylic acids is 1. The number of para-hydroxylation sites is 1. The van der Waals surface area contributed by atoms with Crippen molar-refractivity contribution in [1.82, 2.24) is 4.90 Å². The van der Waals surface area contributed by atoms with Gasteiger partial charge in [-0.15, -0.1) is 0 Å². The Hall–Kier alpha value is -4.04. The monoisotopic (exact) mass is 488 g/mol. The molecular formula is C27H24N2O5S. The van der Waals surface area contributed by atoms with Crippen LogP contribution in [0.25, 0.3) is 6.08 Å². The Morgan fingerprint density at radius 2 is 1.74 bits per heavy atom. The molecule has 1 heterocycles. The van der Waals surface area contributed by atoms with E-state index >= 15 is 0 Å². The van der Waals surface area contributed by atoms with Crippen molar-refractivity contribution in [3.8, 4) is 11.5 Å². The number of carboxylic acids is 1. The number of benzene rings is 3. The number of carbonyl (C=O) groups is 2. The highest BCUT2D eigenvalue weighted by Crippen LogP contribution is 2.38. The van der Waals surface area contributed by atoms with E-state index in [1.165, 1.54) is 23.9 Å². The van der Waals surface area contributed by atoms with Crippen molar-refractivity contribution in [2.24, 2.45) is 4.99 Å². The van der Waals surface area contributed by atoms with Crippen molar-refractivity contribution < 1.29 is 24.2 Å². The molecule has 1 N–H and O–H groups in total. The van der Waals surface area contributed by atoms with Gasteiger partial charge in [0.2, 0.25) is 0 Å². The standard InChI is InChI=1S/C27H24N2O5S/c1-17-22(33-2)14-13-20(24(17)34-3)15-23-25(30)29(16-18-9-11-19(12-10-18)26(31)32)27(35-23)28-21-7-5-4-6-8-21/h4-15H,16H2,1-3H3,(H,31,32)/b23-15-,28-27?. The van der Waals surface area contributed by atoms with E-state index in [4.69, 9.17) is 19.6 Å². The van der Waals surface area contributed by atoms with Gasteiger partial charge in [0, 0.05) is 11.1 Å². The molecule has 0 atom stereocenters. The minimum atomic E-state index is -0.996. The minimum absolute atomic E-state index is 0.191. The van der Waals surface area contributed by atoms with Crippen LogP contribution in [0.2, 0.25) is 0 Å². The minimum Gasteiger partial charge on any atom is -0.496 e. The molecule has 7 nitrogen and oxygen atoms in total. The highest BCUT2D eigenvalue weighted by Gasteiger charge is 2.34. The SMILES string of the molecule is COc1ccc(/C=C2\SC(=Nc3ccccc3)N(Cc3ccc(C(=O)O)cc3)C2=O)c(OC)c1C. The van der Waals surface area contributed by atoms with Gasteiger partial charge in [-0.05, 0) is 66.7 Å². The number of thioether (sulfide) groups is 1. The summed E-state index contributed by atoms with van der Waals surface area (Å²) in [6.07, 6.45) is 1.80. The zero-order valence-corrected chi connectivity index (χ0v) is 20.3. The summed E-state index contributed by atoms with van der Waals surface area (Å²) >= 11 is 1.29. The van der Waals surface area contributed by atoms with E-state index in [1.807, 2.05) is 49.4 Å². The van der Waals surface area contributed by atoms with Crippen molar-refractivity contribution in [2.75, 3.05) is 14.2 Å². The maximum absolute atomic E-state index is 13.5. The number of nitrogens with zero attached hydrogens (tertiary/aromatic N) is 2. The summed E-state index contributed by atoms with van der Waals surface area (Å²) in [5.74, 6) is 0.147. The number of amides is 1. The maximum Gasteiger partial charge on any atom is 0.335 e. The third kappa shape index (κ3) is 5.22. The Labute approximate surface area is 207 Å². The maximum atomic E-state index is 13.5. The summed E-state index contributed by atoms with van der Waals surface area (Å²) in [6.45, 7) is 2.16. The van der Waals surface area contributed by atoms with Crippen LogP contribution in [0.1, 0.15) is 27.0 Å². The highest BCUT2D eigenvalue weighted by atomic mass is 32.2. The molecule has 0 aliphatic carbocycles. The zero-order valence-electron chi connectivity index (χ0n) is 19.5. The number of carbonyl (C=O) groups excluding carboxylic acids is 1. The summed E-state index contributed by atoms with van der Waals surface area (Å²) in [6, 6.07) is 19.6. The summed E-state index contributed by atoms with van der Waals surface area (Å²) < 4.78 is 11.0. The first kappa shape index (κ1) is 24.1. The van der Waals surface area contributed by atoms with Crippen LogP contribution in [-0.4, -0.2) is 41.3 Å². The van der Waals surface area contributed by atoms with Crippen LogP contribution in [-0.2, 0) is 11.3 Å². The Balaban J connectivity index is 1.72. The van der Waals surface area contributed by atoms with Crippen molar-refractivity contribution in [3.63, 3.8) is 0 Å². The number of methoxy groups -OCH3 is 2. The lowest BCUT2D eigenvalue weighted by Gasteiger charge is -2.16. The average molecular weight is 489 g/mol. The molecule has 0 aromatic heterocycles. The third-order valence-electron chi connectivity index (χ3n) is 5.51. The normalized spacial score (nSPS) is 15.6. The lowest BCUT2D eigenvalue weighted by molar-refractivity contribution is -0.122. The van der Waals surface area contributed by atoms with Crippen molar-refractivity contribution >= 4 is 40.6 Å². The molecule has 1 aliphatic rings. The Kier molecular flexibility index (Phi) is 7.22. The molecule has 0 unspecified atom stereocenters. The van der Waals surface area contributed by atoms with Crippen molar-refractivity contribution in [2.45, 2.75) is 13.5 Å². The fourth-order valence-corrected chi connectivity index (χ4v) is 4.71. The van der Waals surface area contributed by atoms with Gasteiger partial charge in [0.1, 0.15) is 11.5 Å². The van der Waals surface area contributed by atoms with Gasteiger partial charge in [0.25, 0.3) is 5.91 Å². The zero-order chi connectivity index (χ0) is 24.9. The first-order valence-corrected chi connectivity index (χ1v) is 11.6. The number of carboxylic acid groups (broad SMARTS) is 1. The van der Waals surface area contributed by atoms with Crippen LogP contribution in [0.4, 0.5) is 5.69 Å². The Morgan fingerprint density at radius 3 is 2.37 bits per heavy atom. The summed E-state index contributed by atoms with van der Waals surface area (Å²) in [4.78, 5) is 31.5. The number of amidine groups is 1. The van der Waals surface area contributed by atoms with Crippen LogP contribution < -0.4 is 9.47 Å². The second kappa shape index (κ2) is 10.5. The first-order chi connectivity index (χ1) is 16.9. The molecule has 35 heavy (non-hydrogen) atoms. The van der Waals surface area contributed by atoms with Crippen molar-refractivity contribution in [3.05, 3.63) is 93.9 Å². The fraction of sp³-hybridized carbons (Fsp3) is 0.148. The molecule has 8 heteroatoms. The average Bonchev–Trinajstić information content (AvgIpc) is 3.14. The van der Waals surface area contributed by atoms with Gasteiger partial charge >= 0.3 is 5.97 Å². The van der Waals surface area contributed by atoms with Crippen molar-refractivity contribution in [1.29, 1.82) is 0 Å². The molecule has 3 aromatic rings. The van der Waals surface area contributed by atoms with Crippen LogP contribution in [0, 0.1) is 6.92 Å². The van der Waals surface area contributed by atoms with Crippen LogP contribution in [0.5, 0.6) is 11.5 Å². The number of hydrogen-bond acceptors (Lipinski definition) is 6. The van der Waals surface area contributed by atoms with Gasteiger partial charge in [-0.25, -0.2) is 9.79 Å². The Morgan fingerprint density at radius 1 is 1.03 bits per heavy atom. The van der Waals surface area contributed by atoms with Gasteiger partial charge in [0.15, 0.2) is 5.17 Å². The molecule has 1 amide bonds. The van der Waals surface area contributed by atoms with Gasteiger partial charge in [0.05, 0.1) is 36.9 Å². The van der Waals surface area contributed by atoms with E-state index in [0.29, 0.717) is 21.6 Å². The van der Waals surface area contributed by atoms with E-state index in [9.17, 15) is 9.59 Å². The quantitative estimate of drug-likeness (QED) is 0.441. The molecule has 0 radical (unpaired) electrons. The van der Waals surface area contributed by atoms with E-state index < -0.39 is 5.97 Å². The number of hydrogen-bond donors (Lipinski definition) is 1. The first-order valence-electron chi connectivity index (χ1n) is 10.8. The molecule has 1 aliphatic heterocycles. The van der Waals surface area contributed by atoms with Crippen LogP contribution in [0.15, 0.2) is 76.6 Å². The number of rotatable bonds is 7. The number of aliphatic imine (C=N–C) groups is 1. The largest absolute Gasteiger partial charge is 0.496 e. The van der Waals surface area contributed by atoms with E-state index in [0.717, 1.165) is 22.4 Å². The molecule has 1 fully saturated rings. The molecule has 4 rings (SSSR count). The molecular weight excluding hydrogens is 464 g/mol. The highest BCUT2D eigenvalue weighted by molar-refractivity contribution is 8.18. The molecule has 3 aromatic carbocycles. The van der Waals surface area contributed by atoms with Gasteiger partial charge in [-0.1, -0.05) is 30.3 Å². The Bertz CT molecular complexity index is 1320. The van der Waals surface area contributed by atoms with Gasteiger partial charge in [-0.2, -0.15) is 0 Å².